The average Bonchev–Trinajstić information content (AvgIpc) is 2.20. The molecule has 1 heteroatoms. The van der Waals surface area contributed by atoms with Gasteiger partial charge in [0.25, 0.3) is 0 Å². The summed E-state index contributed by atoms with van der Waals surface area (Å²) in [5, 5.41) is 0. The van der Waals surface area contributed by atoms with Crippen LogP contribution in [0.5, 0.6) is 0 Å². The van der Waals surface area contributed by atoms with Gasteiger partial charge in [0, 0.05) is 6.04 Å². The van der Waals surface area contributed by atoms with Crippen molar-refractivity contribution in [2.75, 3.05) is 0 Å². The molecule has 0 spiro atoms. The van der Waals surface area contributed by atoms with E-state index in [4.69, 9.17) is 5.73 Å². The van der Waals surface area contributed by atoms with Gasteiger partial charge in [0.05, 0.1) is 0 Å². The summed E-state index contributed by atoms with van der Waals surface area (Å²) in [6.07, 6.45) is 5.46. The van der Waals surface area contributed by atoms with Crippen LogP contribution >= 0.6 is 0 Å². The highest BCUT2D eigenvalue weighted by atomic mass is 14.6. The monoisotopic (exact) mass is 211 g/mol. The van der Waals surface area contributed by atoms with Gasteiger partial charge in [-0.15, -0.1) is 13.2 Å². The van der Waals surface area contributed by atoms with Crippen LogP contribution in [-0.2, 0) is 0 Å². The molecule has 0 amide bonds. The minimum absolute atomic E-state index is 0.387. The van der Waals surface area contributed by atoms with Crippen molar-refractivity contribution in [1.29, 1.82) is 0 Å². The molecule has 1 fully saturated rings. The van der Waals surface area contributed by atoms with Crippen LogP contribution in [0.4, 0.5) is 0 Å². The second-order valence-corrected chi connectivity index (χ2v) is 5.52. The first-order chi connectivity index (χ1) is 6.96. The highest BCUT2D eigenvalue weighted by molar-refractivity contribution is 4.87. The van der Waals surface area contributed by atoms with Crippen molar-refractivity contribution in [3.8, 4) is 0 Å². The second kappa shape index (κ2) is 6.32. The Kier molecular flexibility index (Phi) is 6.19. The van der Waals surface area contributed by atoms with E-state index < -0.39 is 0 Å². The maximum Gasteiger partial charge on any atom is 0.00389 e. The molecule has 0 aromatic rings. The maximum absolute atomic E-state index is 5.99. The predicted octanol–water partition coefficient (Wildman–Crippen LogP) is 3.99. The summed E-state index contributed by atoms with van der Waals surface area (Å²) in [6, 6.07) is 0.387. The maximum atomic E-state index is 5.99. The Morgan fingerprint density at radius 2 is 1.80 bits per heavy atom. The summed E-state index contributed by atoms with van der Waals surface area (Å²) in [4.78, 5) is 0. The van der Waals surface area contributed by atoms with Crippen LogP contribution in [0.25, 0.3) is 0 Å². The molecule has 1 aliphatic carbocycles. The van der Waals surface area contributed by atoms with E-state index in [1.165, 1.54) is 25.7 Å². The number of nitrogens with two attached hydrogens (primary N) is 1. The molecule has 0 radical (unpaired) electrons. The van der Waals surface area contributed by atoms with Crippen molar-refractivity contribution in [3.63, 3.8) is 0 Å². The van der Waals surface area contributed by atoms with Crippen LogP contribution in [0.3, 0.4) is 0 Å². The summed E-state index contributed by atoms with van der Waals surface area (Å²) in [5.74, 6) is 1.56. The molecule has 0 heterocycles. The van der Waals surface area contributed by atoms with E-state index in [0.717, 1.165) is 11.8 Å². The van der Waals surface area contributed by atoms with Gasteiger partial charge in [0.15, 0.2) is 0 Å². The lowest BCUT2D eigenvalue weighted by molar-refractivity contribution is 0.0929. The SMILES string of the molecule is C=C.CC(N)C1CCCC(C)(C(C)C)C1. The minimum atomic E-state index is 0.387. The highest BCUT2D eigenvalue weighted by Gasteiger charge is 2.35. The zero-order chi connectivity index (χ0) is 12.1. The molecule has 0 aromatic heterocycles. The third-order valence-electron chi connectivity index (χ3n) is 4.19. The quantitative estimate of drug-likeness (QED) is 0.687. The second-order valence-electron chi connectivity index (χ2n) is 5.52. The van der Waals surface area contributed by atoms with Crippen LogP contribution in [0.15, 0.2) is 13.2 Å². The van der Waals surface area contributed by atoms with Crippen molar-refractivity contribution >= 4 is 0 Å². The molecule has 3 atom stereocenters. The zero-order valence-electron chi connectivity index (χ0n) is 11.1. The molecule has 0 aromatic carbocycles. The van der Waals surface area contributed by atoms with Gasteiger partial charge in [-0.2, -0.15) is 0 Å². The molecule has 3 unspecified atom stereocenters. The summed E-state index contributed by atoms with van der Waals surface area (Å²) in [6.45, 7) is 15.3. The Morgan fingerprint density at radius 1 is 1.27 bits per heavy atom. The van der Waals surface area contributed by atoms with Gasteiger partial charge < -0.3 is 5.73 Å². The summed E-state index contributed by atoms with van der Waals surface area (Å²) in [5.41, 5.74) is 6.54. The molecule has 1 aliphatic rings. The van der Waals surface area contributed by atoms with Crippen LogP contribution < -0.4 is 5.73 Å². The normalized spacial score (nSPS) is 33.1. The van der Waals surface area contributed by atoms with E-state index in [1.807, 2.05) is 0 Å². The van der Waals surface area contributed by atoms with Crippen molar-refractivity contribution in [1.82, 2.24) is 0 Å². The van der Waals surface area contributed by atoms with Crippen molar-refractivity contribution in [2.24, 2.45) is 23.0 Å². The zero-order valence-corrected chi connectivity index (χ0v) is 11.1. The van der Waals surface area contributed by atoms with E-state index in [1.54, 1.807) is 0 Å². The first-order valence-electron chi connectivity index (χ1n) is 6.21. The minimum Gasteiger partial charge on any atom is -0.328 e. The molecule has 1 saturated carbocycles. The largest absolute Gasteiger partial charge is 0.328 e. The Hall–Kier alpha value is -0.300. The number of hydrogen-bond acceptors (Lipinski definition) is 1. The molecule has 1 rings (SSSR count). The van der Waals surface area contributed by atoms with Gasteiger partial charge in [0.1, 0.15) is 0 Å². The fraction of sp³-hybridized carbons (Fsp3) is 0.857. The highest BCUT2D eigenvalue weighted by Crippen LogP contribution is 2.44. The van der Waals surface area contributed by atoms with Crippen LogP contribution in [0.1, 0.15) is 53.4 Å². The fourth-order valence-corrected chi connectivity index (χ4v) is 2.54. The van der Waals surface area contributed by atoms with Gasteiger partial charge in [-0.25, -0.2) is 0 Å². The Labute approximate surface area is 96.1 Å². The van der Waals surface area contributed by atoms with E-state index in [0.29, 0.717) is 11.5 Å². The van der Waals surface area contributed by atoms with E-state index in [2.05, 4.69) is 40.9 Å². The molecule has 0 saturated heterocycles. The Morgan fingerprint density at radius 3 is 2.20 bits per heavy atom. The molecular formula is C14H29N. The first-order valence-corrected chi connectivity index (χ1v) is 6.21. The summed E-state index contributed by atoms with van der Waals surface area (Å²) >= 11 is 0. The smallest absolute Gasteiger partial charge is 0.00389 e. The third kappa shape index (κ3) is 3.98. The van der Waals surface area contributed by atoms with Gasteiger partial charge >= 0.3 is 0 Å². The first kappa shape index (κ1) is 14.7. The van der Waals surface area contributed by atoms with Crippen LogP contribution in [0.2, 0.25) is 0 Å². The summed E-state index contributed by atoms with van der Waals surface area (Å²) in [7, 11) is 0. The lowest BCUT2D eigenvalue weighted by Gasteiger charge is -2.42. The lowest BCUT2D eigenvalue weighted by Crippen LogP contribution is -2.37. The van der Waals surface area contributed by atoms with E-state index in [-0.39, 0.29) is 0 Å². The molecule has 0 bridgehead atoms. The van der Waals surface area contributed by atoms with Gasteiger partial charge in [-0.05, 0) is 43.4 Å². The molecule has 90 valence electrons. The Balaban J connectivity index is 0.000000921. The number of hydrogen-bond donors (Lipinski definition) is 1. The van der Waals surface area contributed by atoms with Gasteiger partial charge in [0.2, 0.25) is 0 Å². The van der Waals surface area contributed by atoms with Crippen molar-refractivity contribution in [3.05, 3.63) is 13.2 Å². The number of rotatable bonds is 2. The lowest BCUT2D eigenvalue weighted by atomic mass is 9.64. The molecule has 1 nitrogen and oxygen atoms in total. The van der Waals surface area contributed by atoms with Crippen LogP contribution in [0, 0.1) is 17.3 Å². The fourth-order valence-electron chi connectivity index (χ4n) is 2.54. The van der Waals surface area contributed by atoms with Crippen molar-refractivity contribution in [2.45, 2.75) is 59.4 Å². The van der Waals surface area contributed by atoms with E-state index in [9.17, 15) is 0 Å². The average molecular weight is 211 g/mol. The van der Waals surface area contributed by atoms with E-state index >= 15 is 0 Å². The van der Waals surface area contributed by atoms with Crippen LogP contribution in [-0.4, -0.2) is 6.04 Å². The molecule has 0 aliphatic heterocycles. The molecular weight excluding hydrogens is 182 g/mol. The molecule has 2 N–H and O–H groups in total. The molecule has 15 heavy (non-hydrogen) atoms. The Bertz CT molecular complexity index is 174. The summed E-state index contributed by atoms with van der Waals surface area (Å²) < 4.78 is 0. The third-order valence-corrected chi connectivity index (χ3v) is 4.19. The topological polar surface area (TPSA) is 26.0 Å². The van der Waals surface area contributed by atoms with Gasteiger partial charge in [-0.1, -0.05) is 27.2 Å². The van der Waals surface area contributed by atoms with Crippen molar-refractivity contribution < 1.29 is 0 Å². The standard InChI is InChI=1S/C12H25N.C2H4/c1-9(2)12(4)7-5-6-11(8-12)10(3)13;1-2/h9-11H,5-8,13H2,1-4H3;1-2H2. The van der Waals surface area contributed by atoms with Gasteiger partial charge in [-0.3, -0.25) is 0 Å². The predicted molar refractivity (Wildman–Crippen MR) is 69.8 cm³/mol.